The lowest BCUT2D eigenvalue weighted by Crippen LogP contribution is -2.00. The summed E-state index contributed by atoms with van der Waals surface area (Å²) < 4.78 is 11.1. The molecule has 1 aromatic rings. The first-order valence-electron chi connectivity index (χ1n) is 3.49. The summed E-state index contributed by atoms with van der Waals surface area (Å²) in [5.74, 6) is -1.17. The highest BCUT2D eigenvalue weighted by atomic mass is 35.5. The summed E-state index contributed by atoms with van der Waals surface area (Å²) in [6.07, 6.45) is 1.42. The fourth-order valence-corrected chi connectivity index (χ4v) is 2.32. The first-order chi connectivity index (χ1) is 6.43. The molecule has 1 N–H and O–H groups in total. The molecule has 0 saturated carbocycles. The molecular formula is C8H6Cl2O3S. The first-order valence-corrected chi connectivity index (χ1v) is 5.80. The number of hydrogen-bond acceptors (Lipinski definition) is 2. The summed E-state index contributed by atoms with van der Waals surface area (Å²) in [6.45, 7) is 0. The highest BCUT2D eigenvalue weighted by Gasteiger charge is 2.14. The second-order valence-electron chi connectivity index (χ2n) is 2.52. The van der Waals surface area contributed by atoms with Gasteiger partial charge >= 0.3 is 5.97 Å². The Balaban J connectivity index is 3.42. The van der Waals surface area contributed by atoms with Crippen molar-refractivity contribution in [1.82, 2.24) is 0 Å². The number of carbonyl (C=O) groups is 1. The zero-order valence-electron chi connectivity index (χ0n) is 7.08. The monoisotopic (exact) mass is 252 g/mol. The molecular weight excluding hydrogens is 247 g/mol. The van der Waals surface area contributed by atoms with Crippen LogP contribution in [-0.2, 0) is 10.8 Å². The summed E-state index contributed by atoms with van der Waals surface area (Å²) in [7, 11) is -1.33. The quantitative estimate of drug-likeness (QED) is 0.880. The molecule has 76 valence electrons. The molecule has 1 rings (SSSR count). The van der Waals surface area contributed by atoms with E-state index in [-0.39, 0.29) is 20.5 Å². The standard InChI is InChI=1S/C8H6Cl2O3S/c1-14(13)7-2-4(8(11)12)5(9)3-6(7)10/h2-3H,1H3,(H,11,12)/t14-/m0/s1. The minimum Gasteiger partial charge on any atom is -0.478 e. The number of hydrogen-bond donors (Lipinski definition) is 1. The first kappa shape index (κ1) is 11.5. The Bertz CT molecular complexity index is 382. The molecule has 0 saturated heterocycles. The molecule has 0 radical (unpaired) electrons. The van der Waals surface area contributed by atoms with Gasteiger partial charge in [0.1, 0.15) is 0 Å². The van der Waals surface area contributed by atoms with Gasteiger partial charge in [0.05, 0.1) is 31.3 Å². The van der Waals surface area contributed by atoms with Crippen molar-refractivity contribution in [3.63, 3.8) is 0 Å². The normalized spacial score (nSPS) is 12.5. The largest absolute Gasteiger partial charge is 0.478 e. The smallest absolute Gasteiger partial charge is 0.337 e. The number of halogens is 2. The van der Waals surface area contributed by atoms with Crippen molar-refractivity contribution >= 4 is 40.0 Å². The molecule has 0 heterocycles. The van der Waals surface area contributed by atoms with Crippen LogP contribution in [0.25, 0.3) is 0 Å². The van der Waals surface area contributed by atoms with Crippen LogP contribution in [-0.4, -0.2) is 21.5 Å². The summed E-state index contributed by atoms with van der Waals surface area (Å²) in [5.41, 5.74) is -0.0960. The van der Waals surface area contributed by atoms with Crippen molar-refractivity contribution in [2.75, 3.05) is 6.26 Å². The SMILES string of the molecule is C[S@](=O)c1cc(C(=O)O)c(Cl)cc1Cl. The van der Waals surface area contributed by atoms with E-state index in [4.69, 9.17) is 28.3 Å². The number of carboxylic acid groups (broad SMARTS) is 1. The van der Waals surface area contributed by atoms with E-state index in [0.29, 0.717) is 0 Å². The highest BCUT2D eigenvalue weighted by molar-refractivity contribution is 7.84. The molecule has 14 heavy (non-hydrogen) atoms. The lowest BCUT2D eigenvalue weighted by molar-refractivity contribution is 0.0697. The van der Waals surface area contributed by atoms with Gasteiger partial charge in [-0.2, -0.15) is 0 Å². The third-order valence-corrected chi connectivity index (χ3v) is 3.26. The van der Waals surface area contributed by atoms with Gasteiger partial charge in [0.2, 0.25) is 0 Å². The predicted molar refractivity (Wildman–Crippen MR) is 55.8 cm³/mol. The molecule has 6 heteroatoms. The lowest BCUT2D eigenvalue weighted by atomic mass is 10.2. The maximum Gasteiger partial charge on any atom is 0.337 e. The highest BCUT2D eigenvalue weighted by Crippen LogP contribution is 2.27. The molecule has 0 aliphatic carbocycles. The summed E-state index contributed by atoms with van der Waals surface area (Å²) in [6, 6.07) is 2.51. The Labute approximate surface area is 93.1 Å². The molecule has 0 aliphatic heterocycles. The van der Waals surface area contributed by atoms with Crippen molar-refractivity contribution in [2.45, 2.75) is 4.90 Å². The van der Waals surface area contributed by atoms with Gasteiger partial charge in [-0.05, 0) is 12.1 Å². The van der Waals surface area contributed by atoms with E-state index in [1.165, 1.54) is 18.4 Å². The van der Waals surface area contributed by atoms with Gasteiger partial charge in [-0.1, -0.05) is 23.2 Å². The zero-order valence-corrected chi connectivity index (χ0v) is 9.41. The molecule has 1 atom stereocenters. The molecule has 0 bridgehead atoms. The average Bonchev–Trinajstić information content (AvgIpc) is 2.02. The Morgan fingerprint density at radius 3 is 2.36 bits per heavy atom. The summed E-state index contributed by atoms with van der Waals surface area (Å²) in [4.78, 5) is 11.0. The van der Waals surface area contributed by atoms with E-state index < -0.39 is 16.8 Å². The van der Waals surface area contributed by atoms with Crippen LogP contribution in [0.1, 0.15) is 10.4 Å². The van der Waals surface area contributed by atoms with Gasteiger partial charge in [0, 0.05) is 6.26 Å². The molecule has 0 aliphatic rings. The number of rotatable bonds is 2. The summed E-state index contributed by atoms with van der Waals surface area (Å²) >= 11 is 11.4. The number of carboxylic acids is 1. The Kier molecular flexibility index (Phi) is 3.53. The van der Waals surface area contributed by atoms with E-state index in [2.05, 4.69) is 0 Å². The summed E-state index contributed by atoms with van der Waals surface area (Å²) in [5, 5.41) is 8.98. The van der Waals surface area contributed by atoms with Gasteiger partial charge < -0.3 is 5.11 Å². The Morgan fingerprint density at radius 1 is 1.36 bits per heavy atom. The van der Waals surface area contributed by atoms with E-state index in [1.54, 1.807) is 0 Å². The number of benzene rings is 1. The fourth-order valence-electron chi connectivity index (χ4n) is 0.913. The van der Waals surface area contributed by atoms with Gasteiger partial charge in [-0.15, -0.1) is 0 Å². The van der Waals surface area contributed by atoms with Crippen molar-refractivity contribution < 1.29 is 14.1 Å². The fraction of sp³-hybridized carbons (Fsp3) is 0.125. The minimum atomic E-state index is -1.33. The van der Waals surface area contributed by atoms with Gasteiger partial charge in [0.15, 0.2) is 0 Å². The average molecular weight is 253 g/mol. The van der Waals surface area contributed by atoms with Crippen LogP contribution >= 0.6 is 23.2 Å². The van der Waals surface area contributed by atoms with E-state index >= 15 is 0 Å². The maximum absolute atomic E-state index is 11.1. The van der Waals surface area contributed by atoms with E-state index in [9.17, 15) is 9.00 Å². The molecule has 1 aromatic carbocycles. The second-order valence-corrected chi connectivity index (χ2v) is 4.68. The van der Waals surface area contributed by atoms with Crippen LogP contribution in [0.5, 0.6) is 0 Å². The van der Waals surface area contributed by atoms with Gasteiger partial charge in [-0.25, -0.2) is 4.79 Å². The Morgan fingerprint density at radius 2 is 1.93 bits per heavy atom. The van der Waals surface area contributed by atoms with Gasteiger partial charge in [-0.3, -0.25) is 4.21 Å². The van der Waals surface area contributed by atoms with Crippen molar-refractivity contribution in [3.05, 3.63) is 27.7 Å². The zero-order chi connectivity index (χ0) is 10.9. The second kappa shape index (κ2) is 4.29. The third kappa shape index (κ3) is 2.26. The molecule has 3 nitrogen and oxygen atoms in total. The molecule has 0 spiro atoms. The van der Waals surface area contributed by atoms with Crippen molar-refractivity contribution in [1.29, 1.82) is 0 Å². The predicted octanol–water partition coefficient (Wildman–Crippen LogP) is 2.43. The Hall–Kier alpha value is -0.580. The topological polar surface area (TPSA) is 54.4 Å². The van der Waals surface area contributed by atoms with Crippen LogP contribution < -0.4 is 0 Å². The van der Waals surface area contributed by atoms with Crippen LogP contribution in [0.4, 0.5) is 0 Å². The van der Waals surface area contributed by atoms with E-state index in [0.717, 1.165) is 0 Å². The lowest BCUT2D eigenvalue weighted by Gasteiger charge is -2.04. The maximum atomic E-state index is 11.1. The molecule has 0 unspecified atom stereocenters. The van der Waals surface area contributed by atoms with Crippen LogP contribution in [0.15, 0.2) is 17.0 Å². The molecule has 0 fully saturated rings. The number of aromatic carboxylic acids is 1. The van der Waals surface area contributed by atoms with Crippen molar-refractivity contribution in [3.8, 4) is 0 Å². The van der Waals surface area contributed by atoms with Crippen LogP contribution in [0.3, 0.4) is 0 Å². The molecule has 0 amide bonds. The van der Waals surface area contributed by atoms with Gasteiger partial charge in [0.25, 0.3) is 0 Å². The van der Waals surface area contributed by atoms with E-state index in [1.807, 2.05) is 0 Å². The minimum absolute atomic E-state index is 0.0386. The van der Waals surface area contributed by atoms with Crippen LogP contribution in [0.2, 0.25) is 10.0 Å². The molecule has 0 aromatic heterocycles. The van der Waals surface area contributed by atoms with Crippen molar-refractivity contribution in [2.24, 2.45) is 0 Å². The third-order valence-electron chi connectivity index (χ3n) is 1.56. The van der Waals surface area contributed by atoms with Crippen LogP contribution in [0, 0.1) is 0 Å².